The fourth-order valence-corrected chi connectivity index (χ4v) is 4.23. The van der Waals surface area contributed by atoms with Crippen LogP contribution in [0.3, 0.4) is 0 Å². The third kappa shape index (κ3) is 5.59. The number of carbonyl (C=O) groups excluding carboxylic acids is 2. The number of amides is 2. The summed E-state index contributed by atoms with van der Waals surface area (Å²) in [6, 6.07) is 14.6. The number of aliphatic carboxylic acids is 1. The van der Waals surface area contributed by atoms with Crippen molar-refractivity contribution in [1.29, 1.82) is 0 Å². The average molecular weight is 449 g/mol. The molecule has 0 bridgehead atoms. The monoisotopic (exact) mass is 448 g/mol. The second-order valence-corrected chi connectivity index (χ2v) is 8.36. The van der Waals surface area contributed by atoms with Crippen LogP contribution in [0.1, 0.15) is 24.0 Å². The number of hydrogen-bond donors (Lipinski definition) is 5. The molecule has 3 aromatic rings. The summed E-state index contributed by atoms with van der Waals surface area (Å²) in [5.74, 6) is -1.89. The first-order valence-corrected chi connectivity index (χ1v) is 11.2. The highest BCUT2D eigenvalue weighted by Gasteiger charge is 2.30. The maximum absolute atomic E-state index is 13.2. The smallest absolute Gasteiger partial charge is 0.326 e. The molecule has 33 heavy (non-hydrogen) atoms. The fraction of sp³-hybridized carbons (Fsp3) is 0.320. The summed E-state index contributed by atoms with van der Waals surface area (Å²) >= 11 is 0. The van der Waals surface area contributed by atoms with Gasteiger partial charge in [-0.25, -0.2) is 4.79 Å². The highest BCUT2D eigenvalue weighted by molar-refractivity contribution is 5.92. The number of aromatic nitrogens is 1. The molecule has 3 atom stereocenters. The second kappa shape index (κ2) is 10.3. The van der Waals surface area contributed by atoms with Crippen molar-refractivity contribution in [3.05, 3.63) is 71.9 Å². The predicted octanol–water partition coefficient (Wildman–Crippen LogP) is 1.76. The summed E-state index contributed by atoms with van der Waals surface area (Å²) in [5, 5.41) is 19.3. The second-order valence-electron chi connectivity index (χ2n) is 8.36. The molecule has 2 heterocycles. The topological polar surface area (TPSA) is 123 Å². The van der Waals surface area contributed by atoms with E-state index in [-0.39, 0.29) is 24.8 Å². The third-order valence-electron chi connectivity index (χ3n) is 6.01. The molecule has 2 amide bonds. The van der Waals surface area contributed by atoms with Gasteiger partial charge in [0.2, 0.25) is 11.8 Å². The van der Waals surface area contributed by atoms with Crippen LogP contribution < -0.4 is 16.0 Å². The van der Waals surface area contributed by atoms with Gasteiger partial charge in [0.1, 0.15) is 12.1 Å². The van der Waals surface area contributed by atoms with Crippen LogP contribution >= 0.6 is 0 Å². The first-order valence-electron chi connectivity index (χ1n) is 11.2. The van der Waals surface area contributed by atoms with E-state index in [1.54, 1.807) is 6.20 Å². The Kier molecular flexibility index (Phi) is 7.04. The number of hydrogen-bond acceptors (Lipinski definition) is 4. The van der Waals surface area contributed by atoms with Crippen molar-refractivity contribution in [2.45, 2.75) is 43.8 Å². The van der Waals surface area contributed by atoms with Crippen LogP contribution in [-0.2, 0) is 27.2 Å². The summed E-state index contributed by atoms with van der Waals surface area (Å²) in [7, 11) is 0. The van der Waals surface area contributed by atoms with Gasteiger partial charge in [-0.05, 0) is 36.6 Å². The Morgan fingerprint density at radius 3 is 2.45 bits per heavy atom. The number of aromatic amines is 1. The van der Waals surface area contributed by atoms with Crippen molar-refractivity contribution in [3.63, 3.8) is 0 Å². The molecule has 1 fully saturated rings. The van der Waals surface area contributed by atoms with Crippen LogP contribution in [0.4, 0.5) is 0 Å². The summed E-state index contributed by atoms with van der Waals surface area (Å²) in [4.78, 5) is 41.0. The molecule has 1 aromatic heterocycles. The third-order valence-corrected chi connectivity index (χ3v) is 6.01. The van der Waals surface area contributed by atoms with Gasteiger partial charge in [0.25, 0.3) is 0 Å². The van der Waals surface area contributed by atoms with Crippen molar-refractivity contribution in [2.75, 3.05) is 6.54 Å². The van der Waals surface area contributed by atoms with E-state index < -0.39 is 24.0 Å². The molecule has 2 aromatic carbocycles. The van der Waals surface area contributed by atoms with Gasteiger partial charge in [0.15, 0.2) is 0 Å². The summed E-state index contributed by atoms with van der Waals surface area (Å²) in [6.45, 7) is 0.763. The van der Waals surface area contributed by atoms with Crippen LogP contribution in [0.2, 0.25) is 0 Å². The standard InChI is InChI=1S/C25H28N4O4/c30-23(20-11-6-12-26-20)28-21(13-16-7-2-1-3-8-16)24(31)29-22(25(32)33)14-17-15-27-19-10-5-4-9-18(17)19/h1-5,7-10,15,20-22,26-27H,6,11-14H2,(H,28,30)(H,29,31)(H,32,33)/t20-,21-,22-/m0/s1. The predicted molar refractivity (Wildman–Crippen MR) is 125 cm³/mol. The molecule has 0 radical (unpaired) electrons. The molecular formula is C25H28N4O4. The highest BCUT2D eigenvalue weighted by atomic mass is 16.4. The van der Waals surface area contributed by atoms with Crippen LogP contribution in [0.5, 0.6) is 0 Å². The number of carboxylic acid groups (broad SMARTS) is 1. The van der Waals surface area contributed by atoms with E-state index in [0.717, 1.165) is 35.0 Å². The molecule has 1 aliphatic heterocycles. The molecule has 0 spiro atoms. The molecule has 0 unspecified atom stereocenters. The molecule has 172 valence electrons. The van der Waals surface area contributed by atoms with E-state index in [1.807, 2.05) is 54.6 Å². The van der Waals surface area contributed by atoms with Gasteiger partial charge in [0, 0.05) is 29.9 Å². The molecule has 8 nitrogen and oxygen atoms in total. The van der Waals surface area contributed by atoms with Gasteiger partial charge in [0.05, 0.1) is 6.04 Å². The molecule has 8 heteroatoms. The molecule has 0 saturated carbocycles. The first kappa shape index (κ1) is 22.5. The van der Waals surface area contributed by atoms with Crippen molar-refractivity contribution in [2.24, 2.45) is 0 Å². The van der Waals surface area contributed by atoms with Gasteiger partial charge in [-0.15, -0.1) is 0 Å². The van der Waals surface area contributed by atoms with Crippen LogP contribution in [0.25, 0.3) is 10.9 Å². The average Bonchev–Trinajstić information content (AvgIpc) is 3.49. The highest BCUT2D eigenvalue weighted by Crippen LogP contribution is 2.19. The zero-order valence-electron chi connectivity index (χ0n) is 18.2. The van der Waals surface area contributed by atoms with E-state index in [1.165, 1.54) is 0 Å². The van der Waals surface area contributed by atoms with Gasteiger partial charge < -0.3 is 26.0 Å². The maximum atomic E-state index is 13.2. The quantitative estimate of drug-likeness (QED) is 0.341. The fourth-order valence-electron chi connectivity index (χ4n) is 4.23. The molecule has 5 N–H and O–H groups in total. The Bertz CT molecular complexity index is 1120. The number of carbonyl (C=O) groups is 3. The normalized spacial score (nSPS) is 17.4. The Morgan fingerprint density at radius 2 is 1.73 bits per heavy atom. The zero-order valence-corrected chi connectivity index (χ0v) is 18.2. The molecule has 1 saturated heterocycles. The molecule has 0 aliphatic carbocycles. The number of H-pyrrole nitrogens is 1. The Morgan fingerprint density at radius 1 is 0.970 bits per heavy atom. The Hall–Kier alpha value is -3.65. The van der Waals surface area contributed by atoms with E-state index in [4.69, 9.17) is 0 Å². The van der Waals surface area contributed by atoms with Crippen LogP contribution in [-0.4, -0.2) is 52.5 Å². The van der Waals surface area contributed by atoms with Crippen molar-refractivity contribution >= 4 is 28.7 Å². The molecule has 4 rings (SSSR count). The SMILES string of the molecule is O=C(O)[C@H](Cc1c[nH]c2ccccc12)NC(=O)[C@H](Cc1ccccc1)NC(=O)[C@@H]1CCCN1. The summed E-state index contributed by atoms with van der Waals surface area (Å²) < 4.78 is 0. The zero-order chi connectivity index (χ0) is 23.2. The lowest BCUT2D eigenvalue weighted by atomic mass is 10.0. The lowest BCUT2D eigenvalue weighted by molar-refractivity contribution is -0.142. The number of carboxylic acids is 1. The number of rotatable bonds is 9. The van der Waals surface area contributed by atoms with E-state index in [9.17, 15) is 19.5 Å². The molecular weight excluding hydrogens is 420 g/mol. The van der Waals surface area contributed by atoms with Gasteiger partial charge in [-0.3, -0.25) is 9.59 Å². The lowest BCUT2D eigenvalue weighted by Crippen LogP contribution is -2.55. The van der Waals surface area contributed by atoms with E-state index in [2.05, 4.69) is 20.9 Å². The summed E-state index contributed by atoms with van der Waals surface area (Å²) in [6.07, 6.45) is 3.77. The van der Waals surface area contributed by atoms with Crippen molar-refractivity contribution in [1.82, 2.24) is 20.9 Å². The Balaban J connectivity index is 1.50. The van der Waals surface area contributed by atoms with Crippen molar-refractivity contribution in [3.8, 4) is 0 Å². The number of nitrogens with one attached hydrogen (secondary N) is 4. The largest absolute Gasteiger partial charge is 0.480 e. The molecule has 1 aliphatic rings. The first-order chi connectivity index (χ1) is 16.0. The number of para-hydroxylation sites is 1. The van der Waals surface area contributed by atoms with Gasteiger partial charge in [-0.2, -0.15) is 0 Å². The van der Waals surface area contributed by atoms with Crippen molar-refractivity contribution < 1.29 is 19.5 Å². The van der Waals surface area contributed by atoms with E-state index in [0.29, 0.717) is 6.42 Å². The minimum atomic E-state index is -1.13. The van der Waals surface area contributed by atoms with Crippen LogP contribution in [0.15, 0.2) is 60.8 Å². The minimum absolute atomic E-state index is 0.126. The van der Waals surface area contributed by atoms with Gasteiger partial charge >= 0.3 is 5.97 Å². The van der Waals surface area contributed by atoms with Crippen LogP contribution in [0, 0.1) is 0 Å². The number of benzene rings is 2. The summed E-state index contributed by atoms with van der Waals surface area (Å²) in [5.41, 5.74) is 2.58. The minimum Gasteiger partial charge on any atom is -0.480 e. The van der Waals surface area contributed by atoms with Gasteiger partial charge in [-0.1, -0.05) is 48.5 Å². The van der Waals surface area contributed by atoms with E-state index >= 15 is 0 Å². The Labute approximate surface area is 191 Å². The maximum Gasteiger partial charge on any atom is 0.326 e. The lowest BCUT2D eigenvalue weighted by Gasteiger charge is -2.23. The number of fused-ring (bicyclic) bond motifs is 1.